The molecular formula is C22H24Cl2N2O3S. The van der Waals surface area contributed by atoms with E-state index in [1.165, 1.54) is 0 Å². The Morgan fingerprint density at radius 1 is 1.07 bits per heavy atom. The molecule has 5 nitrogen and oxygen atoms in total. The summed E-state index contributed by atoms with van der Waals surface area (Å²) in [5.74, 6) is -0.626. The normalized spacial score (nSPS) is 11.0. The number of hydrogen-bond acceptors (Lipinski definition) is 4. The molecule has 0 aliphatic rings. The third kappa shape index (κ3) is 6.17. The smallest absolute Gasteiger partial charge is 0.338 e. The first-order valence-electron chi connectivity index (χ1n) is 9.37. The highest BCUT2D eigenvalue weighted by molar-refractivity contribution is 7.80. The predicted octanol–water partition coefficient (Wildman–Crippen LogP) is 5.62. The van der Waals surface area contributed by atoms with Gasteiger partial charge < -0.3 is 15.0 Å². The summed E-state index contributed by atoms with van der Waals surface area (Å²) in [4.78, 5) is 26.1. The third-order valence-electron chi connectivity index (χ3n) is 4.21. The van der Waals surface area contributed by atoms with Crippen LogP contribution in [0, 0.1) is 5.41 Å². The molecule has 0 radical (unpaired) electrons. The summed E-state index contributed by atoms with van der Waals surface area (Å²) >= 11 is 18.2. The van der Waals surface area contributed by atoms with E-state index in [9.17, 15) is 9.59 Å². The summed E-state index contributed by atoms with van der Waals surface area (Å²) in [5.41, 5.74) is 1.13. The Hall–Kier alpha value is -2.15. The number of carbonyl (C=O) groups is 2. The van der Waals surface area contributed by atoms with Crippen molar-refractivity contribution in [2.45, 2.75) is 34.2 Å². The van der Waals surface area contributed by atoms with E-state index in [0.29, 0.717) is 33.5 Å². The molecule has 0 fully saturated rings. The number of ether oxygens (including phenoxy) is 1. The molecule has 0 spiro atoms. The van der Waals surface area contributed by atoms with Crippen LogP contribution >= 0.6 is 35.4 Å². The minimum atomic E-state index is -0.620. The Labute approximate surface area is 192 Å². The zero-order valence-electron chi connectivity index (χ0n) is 17.3. The Morgan fingerprint density at radius 2 is 1.63 bits per heavy atom. The molecule has 1 amide bonds. The third-order valence-corrected chi connectivity index (χ3v) is 5.25. The standard InChI is InChI=1S/C22H24Cl2N2O3S/c1-5-29-19(27)14-9-11-15(12-10-14)26(21(30)25-20(28)22(2,3)4)13-16-17(23)7-6-8-18(16)24/h6-12H,5,13H2,1-4H3,(H,25,28,30). The number of benzene rings is 2. The Morgan fingerprint density at radius 3 is 2.13 bits per heavy atom. The molecule has 0 saturated carbocycles. The lowest BCUT2D eigenvalue weighted by Crippen LogP contribution is -2.46. The van der Waals surface area contributed by atoms with Crippen LogP contribution in [0.2, 0.25) is 10.0 Å². The average Bonchev–Trinajstić information content (AvgIpc) is 2.67. The van der Waals surface area contributed by atoms with Gasteiger partial charge in [-0.15, -0.1) is 0 Å². The first-order chi connectivity index (χ1) is 14.0. The molecule has 2 aromatic carbocycles. The fourth-order valence-electron chi connectivity index (χ4n) is 2.47. The van der Waals surface area contributed by atoms with Gasteiger partial charge in [0.2, 0.25) is 5.91 Å². The predicted molar refractivity (Wildman–Crippen MR) is 125 cm³/mol. The minimum Gasteiger partial charge on any atom is -0.462 e. The van der Waals surface area contributed by atoms with Crippen LogP contribution in [0.25, 0.3) is 0 Å². The molecule has 2 rings (SSSR count). The lowest BCUT2D eigenvalue weighted by Gasteiger charge is -2.28. The van der Waals surface area contributed by atoms with Crippen molar-refractivity contribution in [1.82, 2.24) is 5.32 Å². The van der Waals surface area contributed by atoms with Gasteiger partial charge in [0, 0.05) is 26.7 Å². The Balaban J connectivity index is 2.39. The molecule has 2 aromatic rings. The van der Waals surface area contributed by atoms with Gasteiger partial charge in [-0.05, 0) is 55.5 Å². The lowest BCUT2D eigenvalue weighted by molar-refractivity contribution is -0.126. The van der Waals surface area contributed by atoms with E-state index in [4.69, 9.17) is 40.2 Å². The van der Waals surface area contributed by atoms with Crippen LogP contribution in [0.15, 0.2) is 42.5 Å². The number of thiocarbonyl (C=S) groups is 1. The van der Waals surface area contributed by atoms with Gasteiger partial charge in [0.15, 0.2) is 5.11 Å². The molecule has 0 aliphatic heterocycles. The second-order valence-corrected chi connectivity index (χ2v) is 8.76. The SMILES string of the molecule is CCOC(=O)c1ccc(N(Cc2c(Cl)cccc2Cl)C(=S)NC(=O)C(C)(C)C)cc1. The molecule has 0 aromatic heterocycles. The Bertz CT molecular complexity index is 920. The summed E-state index contributed by atoms with van der Waals surface area (Å²) in [7, 11) is 0. The van der Waals surface area contributed by atoms with Gasteiger partial charge in [0.05, 0.1) is 18.7 Å². The van der Waals surface area contributed by atoms with Gasteiger partial charge in [-0.1, -0.05) is 50.0 Å². The first kappa shape index (κ1) is 24.1. The van der Waals surface area contributed by atoms with Crippen molar-refractivity contribution in [1.29, 1.82) is 0 Å². The van der Waals surface area contributed by atoms with Gasteiger partial charge in [-0.2, -0.15) is 0 Å². The van der Waals surface area contributed by atoms with Crippen LogP contribution in [0.3, 0.4) is 0 Å². The topological polar surface area (TPSA) is 58.6 Å². The van der Waals surface area contributed by atoms with Gasteiger partial charge in [0.25, 0.3) is 0 Å². The van der Waals surface area contributed by atoms with E-state index in [-0.39, 0.29) is 17.6 Å². The molecule has 1 N–H and O–H groups in total. The van der Waals surface area contributed by atoms with Crippen molar-refractivity contribution in [3.63, 3.8) is 0 Å². The number of amides is 1. The van der Waals surface area contributed by atoms with E-state index in [1.54, 1.807) is 75.1 Å². The summed E-state index contributed by atoms with van der Waals surface area (Å²) in [6, 6.07) is 12.0. The molecule has 30 heavy (non-hydrogen) atoms. The van der Waals surface area contributed by atoms with Gasteiger partial charge in [0.1, 0.15) is 0 Å². The highest BCUT2D eigenvalue weighted by Gasteiger charge is 2.25. The van der Waals surface area contributed by atoms with Crippen molar-refractivity contribution in [2.24, 2.45) is 5.41 Å². The number of anilines is 1. The number of esters is 1. The van der Waals surface area contributed by atoms with E-state index in [1.807, 2.05) is 0 Å². The summed E-state index contributed by atoms with van der Waals surface area (Å²) in [6.45, 7) is 7.68. The van der Waals surface area contributed by atoms with Crippen molar-refractivity contribution >= 4 is 58.1 Å². The lowest BCUT2D eigenvalue weighted by atomic mass is 9.96. The molecule has 0 bridgehead atoms. The van der Waals surface area contributed by atoms with Gasteiger partial charge in [-0.25, -0.2) is 4.79 Å². The molecule has 160 valence electrons. The van der Waals surface area contributed by atoms with E-state index < -0.39 is 11.4 Å². The van der Waals surface area contributed by atoms with Crippen LogP contribution < -0.4 is 10.2 Å². The van der Waals surface area contributed by atoms with Gasteiger partial charge in [-0.3, -0.25) is 4.79 Å². The fraction of sp³-hybridized carbons (Fsp3) is 0.318. The molecule has 0 aliphatic carbocycles. The second-order valence-electron chi connectivity index (χ2n) is 7.56. The number of nitrogens with one attached hydrogen (secondary N) is 1. The zero-order valence-corrected chi connectivity index (χ0v) is 19.6. The monoisotopic (exact) mass is 466 g/mol. The zero-order chi connectivity index (χ0) is 22.5. The fourth-order valence-corrected chi connectivity index (χ4v) is 3.25. The van der Waals surface area contributed by atoms with Crippen molar-refractivity contribution in [2.75, 3.05) is 11.5 Å². The van der Waals surface area contributed by atoms with Crippen molar-refractivity contribution < 1.29 is 14.3 Å². The summed E-state index contributed by atoms with van der Waals surface area (Å²) < 4.78 is 5.02. The molecular weight excluding hydrogens is 443 g/mol. The number of hydrogen-bond donors (Lipinski definition) is 1. The molecule has 0 saturated heterocycles. The maximum Gasteiger partial charge on any atom is 0.338 e. The van der Waals surface area contributed by atoms with Crippen molar-refractivity contribution in [3.05, 3.63) is 63.6 Å². The second kappa shape index (κ2) is 10.2. The van der Waals surface area contributed by atoms with E-state index in [2.05, 4.69) is 5.32 Å². The number of carbonyl (C=O) groups excluding carboxylic acids is 2. The number of halogens is 2. The maximum absolute atomic E-state index is 12.5. The highest BCUT2D eigenvalue weighted by atomic mass is 35.5. The highest BCUT2D eigenvalue weighted by Crippen LogP contribution is 2.28. The molecule has 8 heteroatoms. The van der Waals surface area contributed by atoms with Crippen LogP contribution in [0.1, 0.15) is 43.6 Å². The largest absolute Gasteiger partial charge is 0.462 e. The summed E-state index contributed by atoms with van der Waals surface area (Å²) in [5, 5.41) is 3.95. The van der Waals surface area contributed by atoms with Crippen LogP contribution in [-0.4, -0.2) is 23.6 Å². The molecule has 0 atom stereocenters. The molecule has 0 unspecified atom stereocenters. The van der Waals surface area contributed by atoms with Crippen molar-refractivity contribution in [3.8, 4) is 0 Å². The van der Waals surface area contributed by atoms with Crippen LogP contribution in [-0.2, 0) is 16.1 Å². The van der Waals surface area contributed by atoms with Gasteiger partial charge >= 0.3 is 5.97 Å². The van der Waals surface area contributed by atoms with E-state index >= 15 is 0 Å². The minimum absolute atomic E-state index is 0.204. The molecule has 0 heterocycles. The average molecular weight is 467 g/mol. The first-order valence-corrected chi connectivity index (χ1v) is 10.5. The Kier molecular flexibility index (Phi) is 8.24. The summed E-state index contributed by atoms with van der Waals surface area (Å²) in [6.07, 6.45) is 0. The quantitative estimate of drug-likeness (QED) is 0.457. The van der Waals surface area contributed by atoms with E-state index in [0.717, 1.165) is 0 Å². The van der Waals surface area contributed by atoms with Crippen LogP contribution in [0.5, 0.6) is 0 Å². The van der Waals surface area contributed by atoms with Crippen LogP contribution in [0.4, 0.5) is 5.69 Å². The maximum atomic E-state index is 12.5. The number of nitrogens with zero attached hydrogens (tertiary/aromatic N) is 1. The number of rotatable bonds is 5.